The Hall–Kier alpha value is -3.11. The van der Waals surface area contributed by atoms with Gasteiger partial charge in [0.15, 0.2) is 17.1 Å². The average molecular weight is 487 g/mol. The molecule has 3 aromatic rings. The van der Waals surface area contributed by atoms with Crippen LogP contribution in [0.25, 0.3) is 0 Å². The van der Waals surface area contributed by atoms with Gasteiger partial charge in [-0.3, -0.25) is 9.36 Å². The molecule has 0 aliphatic carbocycles. The number of nitrogens with zero attached hydrogens (tertiary/aromatic N) is 3. The Balaban J connectivity index is 1.69. The zero-order valence-electron chi connectivity index (χ0n) is 18.7. The summed E-state index contributed by atoms with van der Waals surface area (Å²) in [6.45, 7) is 8.17. The van der Waals surface area contributed by atoms with Gasteiger partial charge >= 0.3 is 5.97 Å². The first kappa shape index (κ1) is 24.5. The predicted molar refractivity (Wildman–Crippen MR) is 130 cm³/mol. The number of esters is 1. The van der Waals surface area contributed by atoms with Crippen molar-refractivity contribution in [1.82, 2.24) is 14.8 Å². The Labute approximate surface area is 201 Å². The molecule has 0 bridgehead atoms. The first-order valence-electron chi connectivity index (χ1n) is 10.4. The number of nitrogens with one attached hydrogen (secondary N) is 1. The van der Waals surface area contributed by atoms with Gasteiger partial charge in [-0.25, -0.2) is 4.79 Å². The molecule has 0 saturated carbocycles. The topological polar surface area (TPSA) is 95.3 Å². The molecule has 1 unspecified atom stereocenters. The highest BCUT2D eigenvalue weighted by molar-refractivity contribution is 7.99. The second-order valence-electron chi connectivity index (χ2n) is 6.95. The number of thioether (sulfide) groups is 1. The molecular formula is C23H26N4O4S2. The molecule has 0 spiro atoms. The lowest BCUT2D eigenvalue weighted by atomic mass is 10.2. The number of hydrogen-bond donors (Lipinski definition) is 1. The molecule has 0 aliphatic rings. The summed E-state index contributed by atoms with van der Waals surface area (Å²) in [5, 5.41) is 12.4. The lowest BCUT2D eigenvalue weighted by Crippen LogP contribution is -2.16. The fourth-order valence-corrected chi connectivity index (χ4v) is 4.78. The molecule has 1 N–H and O–H groups in total. The maximum Gasteiger partial charge on any atom is 0.340 e. The largest absolute Gasteiger partial charge is 0.483 e. The summed E-state index contributed by atoms with van der Waals surface area (Å²) in [6, 6.07) is 11.2. The summed E-state index contributed by atoms with van der Waals surface area (Å²) in [6.07, 6.45) is 2.16. The van der Waals surface area contributed by atoms with Crippen LogP contribution < -0.4 is 10.1 Å². The van der Waals surface area contributed by atoms with Crippen LogP contribution in [0.5, 0.6) is 5.75 Å². The standard InChI is InChI=1S/C23H26N4O4S2/c1-5-12-27-20(15(3)31-16-10-8-7-9-11-16)25-26-23(27)32-14-19(28)24-21-18(22(29)30-4)13-17(6-2)33-21/h5,7-11,13,15H,1,6,12,14H2,2-4H3,(H,24,28). The first-order chi connectivity index (χ1) is 16.0. The molecule has 2 heterocycles. The van der Waals surface area contributed by atoms with Crippen molar-refractivity contribution in [2.24, 2.45) is 0 Å². The smallest absolute Gasteiger partial charge is 0.340 e. The molecule has 3 rings (SSSR count). The molecule has 0 fully saturated rings. The molecule has 10 heteroatoms. The monoisotopic (exact) mass is 486 g/mol. The summed E-state index contributed by atoms with van der Waals surface area (Å²) in [7, 11) is 1.32. The number of aryl methyl sites for hydroxylation is 1. The minimum atomic E-state index is -0.475. The highest BCUT2D eigenvalue weighted by Gasteiger charge is 2.21. The van der Waals surface area contributed by atoms with Crippen molar-refractivity contribution >= 4 is 40.0 Å². The predicted octanol–water partition coefficient (Wildman–Crippen LogP) is 4.75. The van der Waals surface area contributed by atoms with E-state index in [2.05, 4.69) is 22.1 Å². The zero-order chi connectivity index (χ0) is 23.8. The normalized spacial score (nSPS) is 11.6. The van der Waals surface area contributed by atoms with E-state index in [9.17, 15) is 9.59 Å². The third-order valence-electron chi connectivity index (χ3n) is 4.60. The summed E-state index contributed by atoms with van der Waals surface area (Å²) in [5.74, 6) is 0.744. The van der Waals surface area contributed by atoms with Gasteiger partial charge in [-0.2, -0.15) is 0 Å². The Kier molecular flexibility index (Phi) is 8.67. The number of carbonyl (C=O) groups excluding carboxylic acids is 2. The van der Waals surface area contributed by atoms with Crippen molar-refractivity contribution in [2.45, 2.75) is 38.1 Å². The number of hydrogen-bond acceptors (Lipinski definition) is 8. The second-order valence-corrected chi connectivity index (χ2v) is 9.03. The van der Waals surface area contributed by atoms with Crippen LogP contribution in [0.15, 0.2) is 54.2 Å². The molecule has 1 atom stereocenters. The van der Waals surface area contributed by atoms with E-state index in [1.165, 1.54) is 30.2 Å². The van der Waals surface area contributed by atoms with Crippen LogP contribution in [-0.2, 0) is 22.5 Å². The summed E-state index contributed by atoms with van der Waals surface area (Å²) >= 11 is 2.62. The van der Waals surface area contributed by atoms with E-state index in [1.807, 2.05) is 48.7 Å². The van der Waals surface area contributed by atoms with Gasteiger partial charge in [0.2, 0.25) is 5.91 Å². The van der Waals surface area contributed by atoms with Gasteiger partial charge in [0.05, 0.1) is 18.4 Å². The van der Waals surface area contributed by atoms with Crippen LogP contribution in [0.3, 0.4) is 0 Å². The molecule has 1 amide bonds. The molecule has 8 nitrogen and oxygen atoms in total. The third-order valence-corrected chi connectivity index (χ3v) is 6.76. The molecule has 0 radical (unpaired) electrons. The van der Waals surface area contributed by atoms with Gasteiger partial charge in [-0.1, -0.05) is 43.0 Å². The second kappa shape index (κ2) is 11.7. The van der Waals surface area contributed by atoms with E-state index in [1.54, 1.807) is 12.1 Å². The number of anilines is 1. The summed E-state index contributed by atoms with van der Waals surface area (Å²) in [5.41, 5.74) is 0.363. The highest BCUT2D eigenvalue weighted by atomic mass is 32.2. The van der Waals surface area contributed by atoms with Crippen LogP contribution in [-0.4, -0.2) is 39.5 Å². The Bertz CT molecular complexity index is 1110. The number of para-hydroxylation sites is 1. The minimum absolute atomic E-state index is 0.100. The van der Waals surface area contributed by atoms with E-state index in [0.717, 1.165) is 17.0 Å². The fourth-order valence-electron chi connectivity index (χ4n) is 3.03. The Morgan fingerprint density at radius 2 is 2.06 bits per heavy atom. The average Bonchev–Trinajstić information content (AvgIpc) is 3.42. The van der Waals surface area contributed by atoms with Crippen molar-refractivity contribution in [3.63, 3.8) is 0 Å². The third kappa shape index (κ3) is 6.23. The SMILES string of the molecule is C=CCn1c(SCC(=O)Nc2sc(CC)cc2C(=O)OC)nnc1C(C)Oc1ccccc1. The van der Waals surface area contributed by atoms with E-state index < -0.39 is 5.97 Å². The maximum atomic E-state index is 12.6. The molecule has 0 saturated heterocycles. The number of carbonyl (C=O) groups is 2. The molecule has 33 heavy (non-hydrogen) atoms. The van der Waals surface area contributed by atoms with E-state index in [4.69, 9.17) is 9.47 Å². The van der Waals surface area contributed by atoms with Crippen molar-refractivity contribution in [2.75, 3.05) is 18.2 Å². The van der Waals surface area contributed by atoms with Crippen LogP contribution in [0.2, 0.25) is 0 Å². The molecule has 0 aliphatic heterocycles. The first-order valence-corrected chi connectivity index (χ1v) is 12.2. The van der Waals surface area contributed by atoms with E-state index >= 15 is 0 Å². The number of methoxy groups -OCH3 is 1. The van der Waals surface area contributed by atoms with Crippen molar-refractivity contribution < 1.29 is 19.1 Å². The number of benzene rings is 1. The van der Waals surface area contributed by atoms with Crippen LogP contribution in [0.4, 0.5) is 5.00 Å². The Morgan fingerprint density at radius 3 is 2.73 bits per heavy atom. The van der Waals surface area contributed by atoms with Gasteiger partial charge in [0.1, 0.15) is 10.8 Å². The van der Waals surface area contributed by atoms with E-state index in [-0.39, 0.29) is 17.8 Å². The van der Waals surface area contributed by atoms with Gasteiger partial charge < -0.3 is 14.8 Å². The van der Waals surface area contributed by atoms with Gasteiger partial charge in [0.25, 0.3) is 0 Å². The summed E-state index contributed by atoms with van der Waals surface area (Å²) in [4.78, 5) is 25.6. The number of thiophene rings is 1. The van der Waals surface area contributed by atoms with Crippen LogP contribution in [0, 0.1) is 0 Å². The zero-order valence-corrected chi connectivity index (χ0v) is 20.4. The van der Waals surface area contributed by atoms with Gasteiger partial charge in [-0.05, 0) is 31.5 Å². The lowest BCUT2D eigenvalue weighted by molar-refractivity contribution is -0.113. The number of allylic oxidation sites excluding steroid dienone is 1. The van der Waals surface area contributed by atoms with Gasteiger partial charge in [0, 0.05) is 11.4 Å². The molecular weight excluding hydrogens is 460 g/mol. The maximum absolute atomic E-state index is 12.6. The van der Waals surface area contributed by atoms with Gasteiger partial charge in [-0.15, -0.1) is 28.1 Å². The lowest BCUT2D eigenvalue weighted by Gasteiger charge is -2.15. The molecule has 2 aromatic heterocycles. The molecule has 174 valence electrons. The fraction of sp³-hybridized carbons (Fsp3) is 0.304. The summed E-state index contributed by atoms with van der Waals surface area (Å²) < 4.78 is 12.7. The number of rotatable bonds is 11. The van der Waals surface area contributed by atoms with Crippen molar-refractivity contribution in [3.8, 4) is 5.75 Å². The van der Waals surface area contributed by atoms with Crippen molar-refractivity contribution in [3.05, 3.63) is 65.3 Å². The number of amides is 1. The number of ether oxygens (including phenoxy) is 2. The van der Waals surface area contributed by atoms with E-state index in [0.29, 0.717) is 28.1 Å². The number of aromatic nitrogens is 3. The highest BCUT2D eigenvalue weighted by Crippen LogP contribution is 2.30. The van der Waals surface area contributed by atoms with Crippen LogP contribution in [0.1, 0.15) is 41.0 Å². The quantitative estimate of drug-likeness (QED) is 0.237. The molecule has 1 aromatic carbocycles. The Morgan fingerprint density at radius 1 is 1.30 bits per heavy atom. The van der Waals surface area contributed by atoms with Crippen LogP contribution >= 0.6 is 23.1 Å². The van der Waals surface area contributed by atoms with Crippen molar-refractivity contribution in [1.29, 1.82) is 0 Å². The minimum Gasteiger partial charge on any atom is -0.483 e.